The highest BCUT2D eigenvalue weighted by Crippen LogP contribution is 2.27. The summed E-state index contributed by atoms with van der Waals surface area (Å²) in [4.78, 5) is 22.8. The van der Waals surface area contributed by atoms with Crippen LogP contribution in [0.3, 0.4) is 0 Å². The quantitative estimate of drug-likeness (QED) is 0.804. The fourth-order valence-electron chi connectivity index (χ4n) is 2.83. The molecule has 0 unspecified atom stereocenters. The van der Waals surface area contributed by atoms with E-state index >= 15 is 0 Å². The Kier molecular flexibility index (Phi) is 4.55. The number of nitrogens with zero attached hydrogens (tertiary/aromatic N) is 5. The lowest BCUT2D eigenvalue weighted by atomic mass is 10.0. The van der Waals surface area contributed by atoms with Crippen molar-refractivity contribution in [1.82, 2.24) is 19.7 Å². The number of carbonyl (C=O) groups excluding carboxylic acids is 1. The number of carbonyl (C=O) groups is 1. The summed E-state index contributed by atoms with van der Waals surface area (Å²) in [5.74, 6) is 0.386. The van der Waals surface area contributed by atoms with Crippen LogP contribution < -0.4 is 4.90 Å². The summed E-state index contributed by atoms with van der Waals surface area (Å²) in [6.07, 6.45) is 6.77. The topological polar surface area (TPSA) is 73.1 Å². The van der Waals surface area contributed by atoms with E-state index in [-0.39, 0.29) is 12.1 Å². The van der Waals surface area contributed by atoms with E-state index < -0.39 is 0 Å². The Bertz CT molecular complexity index is 648. The zero-order valence-corrected chi connectivity index (χ0v) is 13.4. The first-order chi connectivity index (χ1) is 11.1. The Morgan fingerprint density at radius 1 is 1.35 bits per heavy atom. The number of anilines is 1. The van der Waals surface area contributed by atoms with Gasteiger partial charge in [-0.25, -0.2) is 19.4 Å². The Morgan fingerprint density at radius 3 is 2.78 bits per heavy atom. The number of aromatic nitrogens is 4. The molecule has 1 fully saturated rings. The van der Waals surface area contributed by atoms with Crippen molar-refractivity contribution in [2.45, 2.75) is 38.8 Å². The van der Waals surface area contributed by atoms with Crippen LogP contribution in [-0.4, -0.2) is 44.9 Å². The number of pyridine rings is 1. The van der Waals surface area contributed by atoms with Crippen LogP contribution in [-0.2, 0) is 4.74 Å². The van der Waals surface area contributed by atoms with Gasteiger partial charge in [-0.05, 0) is 38.8 Å². The third kappa shape index (κ3) is 3.49. The molecule has 0 spiro atoms. The monoisotopic (exact) mass is 315 g/mol. The van der Waals surface area contributed by atoms with Crippen molar-refractivity contribution in [2.24, 2.45) is 0 Å². The Hall–Kier alpha value is -2.44. The molecule has 3 rings (SSSR count). The van der Waals surface area contributed by atoms with E-state index in [0.29, 0.717) is 17.4 Å². The first kappa shape index (κ1) is 15.5. The average molecular weight is 315 g/mol. The molecule has 7 nitrogen and oxygen atoms in total. The molecular weight excluding hydrogens is 294 g/mol. The highest BCUT2D eigenvalue weighted by Gasteiger charge is 2.25. The molecule has 0 radical (unpaired) electrons. The molecule has 0 saturated carbocycles. The predicted molar refractivity (Wildman–Crippen MR) is 85.3 cm³/mol. The predicted octanol–water partition coefficient (Wildman–Crippen LogP) is 2.08. The summed E-state index contributed by atoms with van der Waals surface area (Å²) in [6.45, 7) is 5.34. The smallest absolute Gasteiger partial charge is 0.342 e. The standard InChI is InChI=1S/C16H21N5O2/c1-12(2)23-16(22)14-4-3-7-18-15(14)20-8-5-13(6-9-20)21-11-17-10-19-21/h3-4,7,10-13H,5-6,8-9H2,1-2H3. The molecule has 0 aromatic carbocycles. The van der Waals surface area contributed by atoms with E-state index in [0.717, 1.165) is 25.9 Å². The molecule has 0 amide bonds. The molecule has 0 N–H and O–H groups in total. The van der Waals surface area contributed by atoms with Gasteiger partial charge in [-0.1, -0.05) is 0 Å². The number of esters is 1. The van der Waals surface area contributed by atoms with Crippen molar-refractivity contribution < 1.29 is 9.53 Å². The maximum absolute atomic E-state index is 12.3. The molecule has 7 heteroatoms. The zero-order valence-electron chi connectivity index (χ0n) is 13.4. The van der Waals surface area contributed by atoms with Crippen LogP contribution in [0.2, 0.25) is 0 Å². The van der Waals surface area contributed by atoms with E-state index in [9.17, 15) is 4.79 Å². The van der Waals surface area contributed by atoms with Crippen LogP contribution in [0.15, 0.2) is 31.0 Å². The van der Waals surface area contributed by atoms with Crippen LogP contribution in [0.1, 0.15) is 43.1 Å². The van der Waals surface area contributed by atoms with Gasteiger partial charge < -0.3 is 9.64 Å². The number of ether oxygens (including phenoxy) is 1. The van der Waals surface area contributed by atoms with Gasteiger partial charge in [0.15, 0.2) is 0 Å². The lowest BCUT2D eigenvalue weighted by Gasteiger charge is -2.33. The van der Waals surface area contributed by atoms with Crippen LogP contribution in [0.25, 0.3) is 0 Å². The molecule has 23 heavy (non-hydrogen) atoms. The van der Waals surface area contributed by atoms with Gasteiger partial charge in [-0.2, -0.15) is 5.10 Å². The second-order valence-corrected chi connectivity index (χ2v) is 5.92. The van der Waals surface area contributed by atoms with Gasteiger partial charge >= 0.3 is 5.97 Å². The highest BCUT2D eigenvalue weighted by atomic mass is 16.5. The van der Waals surface area contributed by atoms with E-state index in [1.807, 2.05) is 18.5 Å². The third-order valence-corrected chi connectivity index (χ3v) is 3.92. The highest BCUT2D eigenvalue weighted by molar-refractivity contribution is 5.94. The molecule has 0 aliphatic carbocycles. The Balaban J connectivity index is 1.72. The summed E-state index contributed by atoms with van der Waals surface area (Å²) >= 11 is 0. The molecule has 2 aromatic heterocycles. The number of rotatable bonds is 4. The minimum atomic E-state index is -0.318. The molecule has 1 aliphatic rings. The van der Waals surface area contributed by atoms with E-state index in [2.05, 4.69) is 20.0 Å². The maximum atomic E-state index is 12.3. The zero-order chi connectivity index (χ0) is 16.2. The summed E-state index contributed by atoms with van der Waals surface area (Å²) < 4.78 is 7.23. The Morgan fingerprint density at radius 2 is 2.13 bits per heavy atom. The van der Waals surface area contributed by atoms with Crippen LogP contribution in [0.4, 0.5) is 5.82 Å². The molecule has 0 atom stereocenters. The van der Waals surface area contributed by atoms with Crippen LogP contribution in [0, 0.1) is 0 Å². The first-order valence-electron chi connectivity index (χ1n) is 7.90. The van der Waals surface area contributed by atoms with Crippen LogP contribution >= 0.6 is 0 Å². The molecule has 0 bridgehead atoms. The number of piperidine rings is 1. The van der Waals surface area contributed by atoms with E-state index in [1.54, 1.807) is 31.0 Å². The fourth-order valence-corrected chi connectivity index (χ4v) is 2.83. The normalized spacial score (nSPS) is 15.9. The second kappa shape index (κ2) is 6.76. The van der Waals surface area contributed by atoms with Crippen molar-refractivity contribution >= 4 is 11.8 Å². The van der Waals surface area contributed by atoms with Gasteiger partial charge in [0.1, 0.15) is 24.0 Å². The van der Waals surface area contributed by atoms with Gasteiger partial charge in [-0.15, -0.1) is 0 Å². The van der Waals surface area contributed by atoms with E-state index in [1.165, 1.54) is 0 Å². The van der Waals surface area contributed by atoms with Gasteiger partial charge in [0, 0.05) is 19.3 Å². The second-order valence-electron chi connectivity index (χ2n) is 5.92. The van der Waals surface area contributed by atoms with Gasteiger partial charge in [0.2, 0.25) is 0 Å². The van der Waals surface area contributed by atoms with Gasteiger partial charge in [0.25, 0.3) is 0 Å². The number of hydrogen-bond acceptors (Lipinski definition) is 6. The van der Waals surface area contributed by atoms with Crippen molar-refractivity contribution in [1.29, 1.82) is 0 Å². The van der Waals surface area contributed by atoms with Gasteiger partial charge in [0.05, 0.1) is 12.1 Å². The third-order valence-electron chi connectivity index (χ3n) is 3.92. The first-order valence-corrected chi connectivity index (χ1v) is 7.90. The van der Waals surface area contributed by atoms with Crippen LogP contribution in [0.5, 0.6) is 0 Å². The summed E-state index contributed by atoms with van der Waals surface area (Å²) in [6, 6.07) is 3.89. The fraction of sp³-hybridized carbons (Fsp3) is 0.500. The maximum Gasteiger partial charge on any atom is 0.342 e. The van der Waals surface area contributed by atoms with Crippen molar-refractivity contribution in [2.75, 3.05) is 18.0 Å². The summed E-state index contributed by atoms with van der Waals surface area (Å²) in [5.41, 5.74) is 0.528. The summed E-state index contributed by atoms with van der Waals surface area (Å²) in [7, 11) is 0. The van der Waals surface area contributed by atoms with Crippen molar-refractivity contribution in [3.8, 4) is 0 Å². The summed E-state index contributed by atoms with van der Waals surface area (Å²) in [5, 5.41) is 4.21. The molecule has 122 valence electrons. The minimum absolute atomic E-state index is 0.145. The lowest BCUT2D eigenvalue weighted by molar-refractivity contribution is 0.0378. The molecule has 2 aromatic rings. The Labute approximate surface area is 135 Å². The van der Waals surface area contributed by atoms with Crippen molar-refractivity contribution in [3.63, 3.8) is 0 Å². The van der Waals surface area contributed by atoms with Crippen molar-refractivity contribution in [3.05, 3.63) is 36.5 Å². The molecule has 3 heterocycles. The molecule has 1 aliphatic heterocycles. The largest absolute Gasteiger partial charge is 0.459 e. The molecule has 1 saturated heterocycles. The average Bonchev–Trinajstić information content (AvgIpc) is 3.09. The number of hydrogen-bond donors (Lipinski definition) is 0. The minimum Gasteiger partial charge on any atom is -0.459 e. The van der Waals surface area contributed by atoms with Gasteiger partial charge in [-0.3, -0.25) is 0 Å². The lowest BCUT2D eigenvalue weighted by Crippen LogP contribution is -2.36. The SMILES string of the molecule is CC(C)OC(=O)c1cccnc1N1CCC(n2cncn2)CC1. The molecular formula is C16H21N5O2. The van der Waals surface area contributed by atoms with E-state index in [4.69, 9.17) is 4.74 Å².